The molecule has 1 amide bonds. The molecule has 0 aliphatic carbocycles. The molecule has 3 heterocycles. The first-order valence-corrected chi connectivity index (χ1v) is 6.99. The van der Waals surface area contributed by atoms with Gasteiger partial charge in [0.1, 0.15) is 6.61 Å². The quantitative estimate of drug-likeness (QED) is 0.834. The number of likely N-dealkylation sites (N-methyl/N-ethyl adjacent to an activating group) is 1. The molecule has 4 rings (SSSR count). The van der Waals surface area contributed by atoms with E-state index in [2.05, 4.69) is 11.8 Å². The van der Waals surface area contributed by atoms with Crippen molar-refractivity contribution in [1.82, 2.24) is 9.80 Å². The van der Waals surface area contributed by atoms with Gasteiger partial charge in [-0.2, -0.15) is 0 Å². The van der Waals surface area contributed by atoms with Gasteiger partial charge >= 0.3 is 6.09 Å². The predicted molar refractivity (Wildman–Crippen MR) is 72.8 cm³/mol. The number of hydrogen-bond donors (Lipinski definition) is 0. The maximum Gasteiger partial charge on any atom is 0.410 e. The van der Waals surface area contributed by atoms with Gasteiger partial charge in [0, 0.05) is 13.1 Å². The number of hydrogen-bond acceptors (Lipinski definition) is 3. The highest BCUT2D eigenvalue weighted by Crippen LogP contribution is 2.32. The Morgan fingerprint density at radius 3 is 2.58 bits per heavy atom. The van der Waals surface area contributed by atoms with Crippen LogP contribution >= 0.6 is 0 Å². The topological polar surface area (TPSA) is 32.8 Å². The van der Waals surface area contributed by atoms with Crippen LogP contribution in [-0.4, -0.2) is 47.6 Å². The third-order valence-electron chi connectivity index (χ3n) is 4.13. The van der Waals surface area contributed by atoms with Gasteiger partial charge in [0.25, 0.3) is 0 Å². The van der Waals surface area contributed by atoms with Crippen LogP contribution in [-0.2, 0) is 11.3 Å². The van der Waals surface area contributed by atoms with Crippen LogP contribution in [0, 0.1) is 0 Å². The molecule has 3 fully saturated rings. The Morgan fingerprint density at radius 2 is 1.95 bits per heavy atom. The van der Waals surface area contributed by atoms with Crippen molar-refractivity contribution in [2.75, 3.05) is 19.6 Å². The number of piperidine rings is 1. The summed E-state index contributed by atoms with van der Waals surface area (Å²) in [5.74, 6) is 0. The molecule has 1 aromatic rings. The molecule has 4 heteroatoms. The number of piperazine rings is 1. The summed E-state index contributed by atoms with van der Waals surface area (Å²) < 4.78 is 5.41. The fourth-order valence-electron chi connectivity index (χ4n) is 3.05. The minimum atomic E-state index is -0.152. The molecule has 2 unspecified atom stereocenters. The third-order valence-corrected chi connectivity index (χ3v) is 4.13. The van der Waals surface area contributed by atoms with E-state index >= 15 is 0 Å². The van der Waals surface area contributed by atoms with Gasteiger partial charge in [-0.05, 0) is 18.5 Å². The summed E-state index contributed by atoms with van der Waals surface area (Å²) in [5, 5.41) is 0. The molecule has 0 saturated carbocycles. The van der Waals surface area contributed by atoms with Gasteiger partial charge in [-0.3, -0.25) is 9.80 Å². The van der Waals surface area contributed by atoms with E-state index in [-0.39, 0.29) is 6.09 Å². The van der Waals surface area contributed by atoms with Gasteiger partial charge in [0.2, 0.25) is 0 Å². The van der Waals surface area contributed by atoms with Crippen LogP contribution in [0.5, 0.6) is 0 Å². The second kappa shape index (κ2) is 5.21. The van der Waals surface area contributed by atoms with E-state index in [4.69, 9.17) is 4.74 Å². The van der Waals surface area contributed by atoms with Crippen LogP contribution in [0.25, 0.3) is 0 Å². The van der Waals surface area contributed by atoms with Crippen molar-refractivity contribution < 1.29 is 9.53 Å². The van der Waals surface area contributed by atoms with Gasteiger partial charge in [0.05, 0.1) is 12.1 Å². The Kier molecular flexibility index (Phi) is 3.42. The second-order valence-electron chi connectivity index (χ2n) is 5.34. The molecule has 19 heavy (non-hydrogen) atoms. The lowest BCUT2D eigenvalue weighted by atomic mass is 9.88. The van der Waals surface area contributed by atoms with Crippen LogP contribution < -0.4 is 0 Å². The molecule has 0 spiro atoms. The van der Waals surface area contributed by atoms with Crippen LogP contribution in [0.3, 0.4) is 0 Å². The third kappa shape index (κ3) is 2.45. The number of ether oxygens (including phenoxy) is 1. The molecule has 4 nitrogen and oxygen atoms in total. The molecule has 3 saturated heterocycles. The smallest absolute Gasteiger partial charge is 0.410 e. The van der Waals surface area contributed by atoms with E-state index in [0.717, 1.165) is 31.6 Å². The summed E-state index contributed by atoms with van der Waals surface area (Å²) in [6, 6.07) is 10.6. The number of rotatable bonds is 3. The van der Waals surface area contributed by atoms with E-state index in [1.54, 1.807) is 0 Å². The number of amides is 1. The number of fused-ring (bicyclic) bond motifs is 2. The van der Waals surface area contributed by atoms with Crippen molar-refractivity contribution in [2.24, 2.45) is 0 Å². The van der Waals surface area contributed by atoms with Crippen LogP contribution in [0.15, 0.2) is 30.3 Å². The molecule has 0 N–H and O–H groups in total. The SMILES string of the molecule is CCN1CC2CC(C1)N2C(=O)OCc1ccccc1. The summed E-state index contributed by atoms with van der Waals surface area (Å²) in [4.78, 5) is 16.4. The normalized spacial score (nSPS) is 25.8. The predicted octanol–water partition coefficient (Wildman–Crippen LogP) is 2.10. The van der Waals surface area contributed by atoms with Crippen LogP contribution in [0.4, 0.5) is 4.79 Å². The maximum atomic E-state index is 12.1. The summed E-state index contributed by atoms with van der Waals surface area (Å²) in [7, 11) is 0. The summed E-state index contributed by atoms with van der Waals surface area (Å²) in [6.45, 7) is 5.59. The first-order valence-electron chi connectivity index (χ1n) is 6.99. The van der Waals surface area contributed by atoms with E-state index in [1.807, 2.05) is 35.2 Å². The Hall–Kier alpha value is -1.55. The van der Waals surface area contributed by atoms with Gasteiger partial charge < -0.3 is 4.74 Å². The molecule has 0 radical (unpaired) electrons. The minimum absolute atomic E-state index is 0.152. The first-order chi connectivity index (χ1) is 9.28. The average molecular weight is 260 g/mol. The zero-order valence-corrected chi connectivity index (χ0v) is 11.3. The van der Waals surface area contributed by atoms with Gasteiger partial charge in [0.15, 0.2) is 0 Å². The Bertz CT molecular complexity index is 437. The number of benzene rings is 1. The standard InChI is InChI=1S/C15H20N2O2/c1-2-16-9-13-8-14(10-16)17(13)15(18)19-11-12-6-4-3-5-7-12/h3-7,13-14H,2,8-11H2,1H3. The van der Waals surface area contributed by atoms with Crippen molar-refractivity contribution in [2.45, 2.75) is 32.0 Å². The van der Waals surface area contributed by atoms with Crippen LogP contribution in [0.2, 0.25) is 0 Å². The van der Waals surface area contributed by atoms with Crippen LogP contribution in [0.1, 0.15) is 18.9 Å². The van der Waals surface area contributed by atoms with E-state index < -0.39 is 0 Å². The van der Waals surface area contributed by atoms with Gasteiger partial charge in [-0.15, -0.1) is 0 Å². The van der Waals surface area contributed by atoms with Crippen molar-refractivity contribution in [1.29, 1.82) is 0 Å². The summed E-state index contributed by atoms with van der Waals surface area (Å²) in [6.07, 6.45) is 0.984. The molecular weight excluding hydrogens is 240 g/mol. The number of carbonyl (C=O) groups excluding carboxylic acids is 1. The first kappa shape index (κ1) is 12.5. The average Bonchev–Trinajstić information content (AvgIpc) is 2.46. The molecule has 3 aliphatic heterocycles. The van der Waals surface area contributed by atoms with Crippen molar-refractivity contribution >= 4 is 6.09 Å². The van der Waals surface area contributed by atoms with Crippen molar-refractivity contribution in [3.63, 3.8) is 0 Å². The van der Waals surface area contributed by atoms with E-state index in [0.29, 0.717) is 18.7 Å². The number of nitrogens with zero attached hydrogens (tertiary/aromatic N) is 2. The lowest BCUT2D eigenvalue weighted by Gasteiger charge is -2.55. The fraction of sp³-hybridized carbons (Fsp3) is 0.533. The van der Waals surface area contributed by atoms with E-state index in [1.165, 1.54) is 0 Å². The Balaban J connectivity index is 1.52. The van der Waals surface area contributed by atoms with Crippen molar-refractivity contribution in [3.05, 3.63) is 35.9 Å². The molecule has 2 bridgehead atoms. The van der Waals surface area contributed by atoms with Crippen molar-refractivity contribution in [3.8, 4) is 0 Å². The Morgan fingerprint density at radius 1 is 1.26 bits per heavy atom. The highest BCUT2D eigenvalue weighted by Gasteiger charge is 2.47. The Labute approximate surface area is 113 Å². The molecular formula is C15H20N2O2. The lowest BCUT2D eigenvalue weighted by molar-refractivity contribution is -0.0590. The minimum Gasteiger partial charge on any atom is -0.445 e. The highest BCUT2D eigenvalue weighted by atomic mass is 16.6. The molecule has 1 aromatic carbocycles. The highest BCUT2D eigenvalue weighted by molar-refractivity contribution is 5.70. The zero-order valence-electron chi connectivity index (χ0n) is 11.3. The molecule has 0 aromatic heterocycles. The largest absolute Gasteiger partial charge is 0.445 e. The molecule has 102 valence electrons. The fourth-order valence-corrected chi connectivity index (χ4v) is 3.05. The van der Waals surface area contributed by atoms with Gasteiger partial charge in [-0.1, -0.05) is 37.3 Å². The molecule has 2 atom stereocenters. The van der Waals surface area contributed by atoms with E-state index in [9.17, 15) is 4.79 Å². The number of carbonyl (C=O) groups is 1. The summed E-state index contributed by atoms with van der Waals surface area (Å²) >= 11 is 0. The lowest BCUT2D eigenvalue weighted by Crippen LogP contribution is -2.70. The zero-order chi connectivity index (χ0) is 13.2. The summed E-state index contributed by atoms with van der Waals surface area (Å²) in [5.41, 5.74) is 1.04. The monoisotopic (exact) mass is 260 g/mol. The maximum absolute atomic E-state index is 12.1. The molecule has 3 aliphatic rings. The second-order valence-corrected chi connectivity index (χ2v) is 5.34. The van der Waals surface area contributed by atoms with Gasteiger partial charge in [-0.25, -0.2) is 4.79 Å².